The van der Waals surface area contributed by atoms with Gasteiger partial charge in [0.1, 0.15) is 11.5 Å². The minimum atomic E-state index is -1.33. The summed E-state index contributed by atoms with van der Waals surface area (Å²) < 4.78 is 23.1. The van der Waals surface area contributed by atoms with E-state index in [1.807, 2.05) is 42.5 Å². The van der Waals surface area contributed by atoms with Crippen molar-refractivity contribution >= 4 is 39.0 Å². The molecule has 1 aromatic heterocycles. The Labute approximate surface area is 212 Å². The third kappa shape index (κ3) is 5.63. The molecular formula is C27H28N4O4S. The van der Waals surface area contributed by atoms with Crippen molar-refractivity contribution in [2.24, 2.45) is 0 Å². The van der Waals surface area contributed by atoms with Crippen molar-refractivity contribution in [3.05, 3.63) is 72.4 Å². The number of urea groups is 1. The van der Waals surface area contributed by atoms with Gasteiger partial charge < -0.3 is 20.1 Å². The van der Waals surface area contributed by atoms with Crippen LogP contribution >= 0.6 is 0 Å². The average molecular weight is 505 g/mol. The van der Waals surface area contributed by atoms with Crippen LogP contribution < -0.4 is 20.1 Å². The highest BCUT2D eigenvalue weighted by Gasteiger charge is 2.18. The minimum Gasteiger partial charge on any atom is -0.495 e. The molecule has 0 saturated heterocycles. The summed E-state index contributed by atoms with van der Waals surface area (Å²) in [4.78, 5) is 21.2. The number of carbonyl (C=O) groups excluding carboxylic acids is 1. The maximum absolute atomic E-state index is 13.0. The van der Waals surface area contributed by atoms with E-state index in [2.05, 4.69) is 41.4 Å². The van der Waals surface area contributed by atoms with Crippen LogP contribution in [0.5, 0.6) is 17.4 Å². The fourth-order valence-corrected chi connectivity index (χ4v) is 4.08. The van der Waals surface area contributed by atoms with Gasteiger partial charge >= 0.3 is 6.03 Å². The first-order valence-corrected chi connectivity index (χ1v) is 12.8. The van der Waals surface area contributed by atoms with Gasteiger partial charge in [-0.25, -0.2) is 9.78 Å². The van der Waals surface area contributed by atoms with Gasteiger partial charge in [-0.2, -0.15) is 4.98 Å². The average Bonchev–Trinajstić information content (AvgIpc) is 2.85. The van der Waals surface area contributed by atoms with Crippen LogP contribution in [0.15, 0.2) is 72.0 Å². The molecule has 1 heterocycles. The lowest BCUT2D eigenvalue weighted by molar-refractivity contribution is 0.262. The Morgan fingerprint density at radius 2 is 1.61 bits per heavy atom. The molecule has 0 fully saturated rings. The smallest absolute Gasteiger partial charge is 0.323 e. The van der Waals surface area contributed by atoms with Crippen LogP contribution in [-0.4, -0.2) is 33.6 Å². The number of amides is 2. The zero-order valence-corrected chi connectivity index (χ0v) is 21.6. The second-order valence-electron chi connectivity index (χ2n) is 9.13. The number of nitrogens with one attached hydrogen (secondary N) is 2. The monoisotopic (exact) mass is 504 g/mol. The van der Waals surface area contributed by atoms with Crippen molar-refractivity contribution in [3.8, 4) is 17.4 Å². The summed E-state index contributed by atoms with van der Waals surface area (Å²) >= 11 is 0. The third-order valence-electron chi connectivity index (χ3n) is 5.53. The summed E-state index contributed by atoms with van der Waals surface area (Å²) in [6, 6.07) is 18.0. The van der Waals surface area contributed by atoms with Gasteiger partial charge in [0, 0.05) is 29.3 Å². The second kappa shape index (κ2) is 10.3. The van der Waals surface area contributed by atoms with Crippen LogP contribution in [0.25, 0.3) is 10.8 Å². The van der Waals surface area contributed by atoms with Crippen LogP contribution in [0.2, 0.25) is 0 Å². The van der Waals surface area contributed by atoms with Gasteiger partial charge in [-0.1, -0.05) is 51.1 Å². The number of ether oxygens (including phenoxy) is 2. The molecule has 36 heavy (non-hydrogen) atoms. The molecule has 2 N–H and O–H groups in total. The van der Waals surface area contributed by atoms with E-state index < -0.39 is 16.8 Å². The first kappa shape index (κ1) is 25.1. The molecule has 1 atom stereocenters. The van der Waals surface area contributed by atoms with Crippen molar-refractivity contribution in [1.29, 1.82) is 0 Å². The highest BCUT2D eigenvalue weighted by atomic mass is 32.2. The van der Waals surface area contributed by atoms with E-state index in [4.69, 9.17) is 9.47 Å². The minimum absolute atomic E-state index is 0.0815. The summed E-state index contributed by atoms with van der Waals surface area (Å²) in [5.41, 5.74) is 2.19. The molecule has 2 amide bonds. The summed E-state index contributed by atoms with van der Waals surface area (Å²) in [7, 11) is 0.243. The van der Waals surface area contributed by atoms with E-state index in [1.54, 1.807) is 25.3 Å². The Morgan fingerprint density at radius 1 is 0.917 bits per heavy atom. The van der Waals surface area contributed by atoms with Gasteiger partial charge in [-0.05, 0) is 35.2 Å². The van der Waals surface area contributed by atoms with Crippen molar-refractivity contribution in [1.82, 2.24) is 9.97 Å². The maximum atomic E-state index is 13.0. The number of nitrogens with zero attached hydrogens (tertiary/aromatic N) is 2. The number of methoxy groups -OCH3 is 1. The molecule has 0 aliphatic rings. The molecular weight excluding hydrogens is 476 g/mol. The van der Waals surface area contributed by atoms with Gasteiger partial charge in [0.25, 0.3) is 0 Å². The topological polar surface area (TPSA) is 102 Å². The summed E-state index contributed by atoms with van der Waals surface area (Å²) in [6.07, 6.45) is 3.01. The molecule has 0 radical (unpaired) electrons. The number of hydrogen-bond donors (Lipinski definition) is 2. The molecule has 0 aliphatic carbocycles. The van der Waals surface area contributed by atoms with Gasteiger partial charge in [0.15, 0.2) is 0 Å². The standard InChI is InChI=1S/C27H28N4O4S/c1-27(2,3)17-10-12-23(34-4)21(16-17)30-25(32)29-20-11-13-22(19-9-7-6-8-18(19)20)35-24-14-15-28-26(31-24)36(5)33/h6-16H,1-5H3,(H2,29,30,32). The molecule has 0 spiro atoms. The maximum Gasteiger partial charge on any atom is 0.323 e. The number of benzene rings is 3. The lowest BCUT2D eigenvalue weighted by Gasteiger charge is -2.21. The van der Waals surface area contributed by atoms with Gasteiger partial charge in [-0.3, -0.25) is 4.21 Å². The normalized spacial score (nSPS) is 12.1. The van der Waals surface area contributed by atoms with E-state index in [0.717, 1.165) is 16.3 Å². The first-order valence-electron chi connectivity index (χ1n) is 11.3. The molecule has 1 unspecified atom stereocenters. The zero-order valence-electron chi connectivity index (χ0n) is 20.8. The molecule has 186 valence electrons. The van der Waals surface area contributed by atoms with Crippen LogP contribution in [-0.2, 0) is 16.2 Å². The number of aromatic nitrogens is 2. The Hall–Kier alpha value is -3.98. The predicted molar refractivity (Wildman–Crippen MR) is 143 cm³/mol. The first-order chi connectivity index (χ1) is 17.2. The Morgan fingerprint density at radius 3 is 2.31 bits per heavy atom. The Kier molecular flexibility index (Phi) is 7.21. The number of rotatable bonds is 6. The molecule has 3 aromatic carbocycles. The van der Waals surface area contributed by atoms with Gasteiger partial charge in [0.05, 0.1) is 29.3 Å². The molecule has 8 nitrogen and oxygen atoms in total. The van der Waals surface area contributed by atoms with Crippen molar-refractivity contribution in [3.63, 3.8) is 0 Å². The van der Waals surface area contributed by atoms with Gasteiger partial charge in [-0.15, -0.1) is 0 Å². The van der Waals surface area contributed by atoms with Crippen LogP contribution in [0.3, 0.4) is 0 Å². The SMILES string of the molecule is COc1ccc(C(C)(C)C)cc1NC(=O)Nc1ccc(Oc2ccnc(S(C)=O)n2)c2ccccc12. The van der Waals surface area contributed by atoms with Gasteiger partial charge in [0.2, 0.25) is 11.0 Å². The van der Waals surface area contributed by atoms with E-state index in [9.17, 15) is 9.00 Å². The predicted octanol–water partition coefficient (Wildman–Crippen LogP) is 6.11. The quantitative estimate of drug-likeness (QED) is 0.307. The number of anilines is 2. The summed E-state index contributed by atoms with van der Waals surface area (Å²) in [5, 5.41) is 7.59. The van der Waals surface area contributed by atoms with Crippen LogP contribution in [0.4, 0.5) is 16.2 Å². The zero-order chi connectivity index (χ0) is 25.9. The van der Waals surface area contributed by atoms with Crippen molar-refractivity contribution < 1.29 is 18.5 Å². The molecule has 0 aliphatic heterocycles. The largest absolute Gasteiger partial charge is 0.495 e. The molecule has 0 bridgehead atoms. The highest BCUT2D eigenvalue weighted by molar-refractivity contribution is 7.84. The molecule has 4 aromatic rings. The highest BCUT2D eigenvalue weighted by Crippen LogP contribution is 2.35. The Bertz CT molecular complexity index is 1450. The van der Waals surface area contributed by atoms with Crippen LogP contribution in [0.1, 0.15) is 26.3 Å². The fourth-order valence-electron chi connectivity index (χ4n) is 3.65. The lowest BCUT2D eigenvalue weighted by atomic mass is 9.87. The Balaban J connectivity index is 1.60. The van der Waals surface area contributed by atoms with Crippen LogP contribution in [0, 0.1) is 0 Å². The summed E-state index contributed by atoms with van der Waals surface area (Å²) in [5.74, 6) is 1.40. The van der Waals surface area contributed by atoms with E-state index >= 15 is 0 Å². The third-order valence-corrected chi connectivity index (χ3v) is 6.24. The number of fused-ring (bicyclic) bond motifs is 1. The molecule has 0 saturated carbocycles. The fraction of sp³-hybridized carbons (Fsp3) is 0.222. The number of carbonyl (C=O) groups is 1. The summed E-state index contributed by atoms with van der Waals surface area (Å²) in [6.45, 7) is 6.33. The molecule has 9 heteroatoms. The van der Waals surface area contributed by atoms with E-state index in [-0.39, 0.29) is 16.5 Å². The van der Waals surface area contributed by atoms with E-state index in [1.165, 1.54) is 12.5 Å². The van der Waals surface area contributed by atoms with Crippen molar-refractivity contribution in [2.45, 2.75) is 31.3 Å². The van der Waals surface area contributed by atoms with E-state index in [0.29, 0.717) is 22.9 Å². The second-order valence-corrected chi connectivity index (χ2v) is 10.4. The number of hydrogen-bond acceptors (Lipinski definition) is 6. The molecule has 4 rings (SSSR count). The van der Waals surface area contributed by atoms with Crippen molar-refractivity contribution in [2.75, 3.05) is 24.0 Å². The lowest BCUT2D eigenvalue weighted by Crippen LogP contribution is -2.21.